The number of aromatic nitrogens is 1. The lowest BCUT2D eigenvalue weighted by Crippen LogP contribution is -2.04. The summed E-state index contributed by atoms with van der Waals surface area (Å²) in [6, 6.07) is 6.78. The van der Waals surface area contributed by atoms with E-state index in [4.69, 9.17) is 15.6 Å². The van der Waals surface area contributed by atoms with Crippen LogP contribution in [0.15, 0.2) is 30.1 Å². The first kappa shape index (κ1) is 9.91. The third-order valence-corrected chi connectivity index (χ3v) is 1.55. The van der Waals surface area contributed by atoms with Crippen LogP contribution in [0.3, 0.4) is 0 Å². The van der Waals surface area contributed by atoms with Crippen LogP contribution in [0.4, 0.5) is 0 Å². The summed E-state index contributed by atoms with van der Waals surface area (Å²) in [7, 11) is 0. The SMILES string of the molecule is N#CC(=Cc1cccnc1)C(O)C#N. The molecule has 14 heavy (non-hydrogen) atoms. The highest BCUT2D eigenvalue weighted by molar-refractivity contribution is 5.58. The average molecular weight is 185 g/mol. The summed E-state index contributed by atoms with van der Waals surface area (Å²) in [5.74, 6) is 0. The van der Waals surface area contributed by atoms with Gasteiger partial charge in [-0.15, -0.1) is 0 Å². The Morgan fingerprint density at radius 3 is 2.86 bits per heavy atom. The smallest absolute Gasteiger partial charge is 0.175 e. The van der Waals surface area contributed by atoms with Crippen LogP contribution in [0.5, 0.6) is 0 Å². The van der Waals surface area contributed by atoms with E-state index >= 15 is 0 Å². The van der Waals surface area contributed by atoms with Gasteiger partial charge < -0.3 is 5.11 Å². The molecule has 0 aliphatic carbocycles. The summed E-state index contributed by atoms with van der Waals surface area (Å²) in [6.45, 7) is 0. The minimum absolute atomic E-state index is 0.0144. The van der Waals surface area contributed by atoms with Gasteiger partial charge in [0.25, 0.3) is 0 Å². The lowest BCUT2D eigenvalue weighted by molar-refractivity contribution is 0.271. The fourth-order valence-electron chi connectivity index (χ4n) is 0.883. The van der Waals surface area contributed by atoms with Gasteiger partial charge in [-0.25, -0.2) is 0 Å². The number of nitrogens with zero attached hydrogens (tertiary/aromatic N) is 3. The van der Waals surface area contributed by atoms with E-state index in [9.17, 15) is 0 Å². The molecule has 0 saturated heterocycles. The first-order valence-corrected chi connectivity index (χ1v) is 3.87. The second-order valence-corrected chi connectivity index (χ2v) is 2.53. The summed E-state index contributed by atoms with van der Waals surface area (Å²) in [6.07, 6.45) is 3.20. The van der Waals surface area contributed by atoms with Crippen LogP contribution in [0.2, 0.25) is 0 Å². The van der Waals surface area contributed by atoms with Crippen molar-refractivity contribution in [2.75, 3.05) is 0 Å². The van der Waals surface area contributed by atoms with E-state index in [1.807, 2.05) is 0 Å². The summed E-state index contributed by atoms with van der Waals surface area (Å²) in [4.78, 5) is 3.84. The van der Waals surface area contributed by atoms with Crippen LogP contribution in [-0.4, -0.2) is 16.2 Å². The van der Waals surface area contributed by atoms with E-state index in [0.717, 1.165) is 0 Å². The molecule has 0 aliphatic heterocycles. The molecule has 4 nitrogen and oxygen atoms in total. The van der Waals surface area contributed by atoms with Gasteiger partial charge in [-0.2, -0.15) is 10.5 Å². The van der Waals surface area contributed by atoms with E-state index in [1.165, 1.54) is 6.08 Å². The molecule has 0 bridgehead atoms. The minimum atomic E-state index is -1.37. The fraction of sp³-hybridized carbons (Fsp3) is 0.100. The number of hydrogen-bond acceptors (Lipinski definition) is 4. The fourth-order valence-corrected chi connectivity index (χ4v) is 0.883. The molecule has 1 atom stereocenters. The zero-order valence-corrected chi connectivity index (χ0v) is 7.25. The molecule has 1 heterocycles. The Kier molecular flexibility index (Phi) is 3.37. The molecule has 1 rings (SSSR count). The third kappa shape index (κ3) is 2.41. The largest absolute Gasteiger partial charge is 0.373 e. The highest BCUT2D eigenvalue weighted by Crippen LogP contribution is 2.07. The second-order valence-electron chi connectivity index (χ2n) is 2.53. The maximum atomic E-state index is 9.11. The summed E-state index contributed by atoms with van der Waals surface area (Å²) in [5, 5.41) is 26.2. The first-order chi connectivity index (χ1) is 6.77. The molecule has 0 radical (unpaired) electrons. The van der Waals surface area contributed by atoms with Crippen LogP contribution in [-0.2, 0) is 0 Å². The van der Waals surface area contributed by atoms with Gasteiger partial charge in [-0.05, 0) is 17.7 Å². The van der Waals surface area contributed by atoms with Gasteiger partial charge in [0, 0.05) is 12.4 Å². The Bertz CT molecular complexity index is 411. The Morgan fingerprint density at radius 1 is 1.57 bits per heavy atom. The van der Waals surface area contributed by atoms with Gasteiger partial charge in [0.05, 0.1) is 17.7 Å². The first-order valence-electron chi connectivity index (χ1n) is 3.87. The van der Waals surface area contributed by atoms with Crippen molar-refractivity contribution in [3.8, 4) is 12.1 Å². The highest BCUT2D eigenvalue weighted by Gasteiger charge is 2.08. The number of hydrogen-bond donors (Lipinski definition) is 1. The molecule has 0 spiro atoms. The Balaban J connectivity index is 2.99. The molecule has 1 aromatic heterocycles. The van der Waals surface area contributed by atoms with Crippen molar-refractivity contribution in [2.45, 2.75) is 6.10 Å². The van der Waals surface area contributed by atoms with Gasteiger partial charge in [-0.1, -0.05) is 6.07 Å². The van der Waals surface area contributed by atoms with E-state index < -0.39 is 6.10 Å². The van der Waals surface area contributed by atoms with Crippen LogP contribution in [0, 0.1) is 22.7 Å². The number of aliphatic hydroxyl groups excluding tert-OH is 1. The molecular weight excluding hydrogens is 178 g/mol. The maximum Gasteiger partial charge on any atom is 0.175 e. The van der Waals surface area contributed by atoms with Crippen molar-refractivity contribution in [2.24, 2.45) is 0 Å². The lowest BCUT2D eigenvalue weighted by Gasteiger charge is -1.98. The van der Waals surface area contributed by atoms with Crippen molar-refractivity contribution in [3.05, 3.63) is 35.7 Å². The van der Waals surface area contributed by atoms with Crippen molar-refractivity contribution < 1.29 is 5.11 Å². The molecule has 0 fully saturated rings. The van der Waals surface area contributed by atoms with Crippen molar-refractivity contribution in [3.63, 3.8) is 0 Å². The average Bonchev–Trinajstić information content (AvgIpc) is 2.26. The summed E-state index contributed by atoms with van der Waals surface area (Å²) >= 11 is 0. The predicted molar refractivity (Wildman–Crippen MR) is 49.4 cm³/mol. The van der Waals surface area contributed by atoms with Crippen molar-refractivity contribution in [1.82, 2.24) is 4.98 Å². The quantitative estimate of drug-likeness (QED) is 0.547. The normalized spacial score (nSPS) is 12.6. The standard InChI is InChI=1S/C10H7N3O/c11-5-9(10(14)6-12)4-8-2-1-3-13-7-8/h1-4,7,10,14H. The summed E-state index contributed by atoms with van der Waals surface area (Å²) in [5.41, 5.74) is 0.693. The van der Waals surface area contributed by atoms with Crippen LogP contribution < -0.4 is 0 Å². The molecule has 0 saturated carbocycles. The number of aliphatic hydroxyl groups is 1. The Hall–Kier alpha value is -2.17. The molecule has 1 N–H and O–H groups in total. The van der Waals surface area contributed by atoms with Crippen LogP contribution in [0.1, 0.15) is 5.56 Å². The molecule has 4 heteroatoms. The maximum absolute atomic E-state index is 9.11. The molecule has 1 unspecified atom stereocenters. The van der Waals surface area contributed by atoms with Crippen molar-refractivity contribution in [1.29, 1.82) is 10.5 Å². The molecule has 1 aromatic rings. The number of rotatable bonds is 2. The molecule has 0 amide bonds. The molecule has 0 aromatic carbocycles. The molecule has 0 aliphatic rings. The van der Waals surface area contributed by atoms with Crippen molar-refractivity contribution >= 4 is 6.08 Å². The Labute approximate surface area is 81.4 Å². The number of pyridine rings is 1. The minimum Gasteiger partial charge on any atom is -0.373 e. The Morgan fingerprint density at radius 2 is 2.36 bits per heavy atom. The van der Waals surface area contributed by atoms with Crippen LogP contribution in [0.25, 0.3) is 6.08 Å². The lowest BCUT2D eigenvalue weighted by atomic mass is 10.1. The second kappa shape index (κ2) is 4.76. The zero-order valence-electron chi connectivity index (χ0n) is 7.25. The van der Waals surface area contributed by atoms with Gasteiger partial charge in [-0.3, -0.25) is 4.98 Å². The topological polar surface area (TPSA) is 80.7 Å². The van der Waals surface area contributed by atoms with E-state index in [2.05, 4.69) is 4.98 Å². The number of nitriles is 2. The van der Waals surface area contributed by atoms with Gasteiger partial charge in [0.2, 0.25) is 0 Å². The highest BCUT2D eigenvalue weighted by atomic mass is 16.3. The van der Waals surface area contributed by atoms with Gasteiger partial charge >= 0.3 is 0 Å². The summed E-state index contributed by atoms with van der Waals surface area (Å²) < 4.78 is 0. The monoisotopic (exact) mass is 185 g/mol. The zero-order chi connectivity index (χ0) is 10.4. The molecular formula is C10H7N3O. The molecule has 68 valence electrons. The van der Waals surface area contributed by atoms with E-state index in [-0.39, 0.29) is 5.57 Å². The van der Waals surface area contributed by atoms with E-state index in [1.54, 1.807) is 36.7 Å². The van der Waals surface area contributed by atoms with Gasteiger partial charge in [0.1, 0.15) is 0 Å². The third-order valence-electron chi connectivity index (χ3n) is 1.55. The van der Waals surface area contributed by atoms with Gasteiger partial charge in [0.15, 0.2) is 6.10 Å². The van der Waals surface area contributed by atoms with Crippen LogP contribution >= 0.6 is 0 Å². The predicted octanol–water partition coefficient (Wildman–Crippen LogP) is 0.873. The van der Waals surface area contributed by atoms with E-state index in [0.29, 0.717) is 5.56 Å².